The lowest BCUT2D eigenvalue weighted by Gasteiger charge is -2.38. The molecule has 0 heterocycles. The molecule has 0 saturated carbocycles. The fourth-order valence-electron chi connectivity index (χ4n) is 4.11. The molecule has 0 amide bonds. The summed E-state index contributed by atoms with van der Waals surface area (Å²) in [7, 11) is 0.728. The highest BCUT2D eigenvalue weighted by molar-refractivity contribution is 7.70. The smallest absolute Gasteiger partial charge is 0.0918 e. The molecule has 4 aromatic rings. The van der Waals surface area contributed by atoms with Crippen LogP contribution >= 0.6 is 16.2 Å². The van der Waals surface area contributed by atoms with Gasteiger partial charge in [0.25, 0.3) is 0 Å². The van der Waals surface area contributed by atoms with Crippen molar-refractivity contribution in [1.29, 1.82) is 0 Å². The standard InChI is InChI=1S/C30H33NOP2/c1-25(2)30(24-32-34(28-20-12-6-13-21-28)29-22-14-7-15-23-29)31(3)33(26-16-8-4-9-17-26)27-18-10-5-11-19-27/h4-23,25,30H,24H2,1-3H3/t30-/m1/s1. The Morgan fingerprint density at radius 1 is 0.588 bits per heavy atom. The van der Waals surface area contributed by atoms with Gasteiger partial charge in [0.05, 0.1) is 14.8 Å². The summed E-state index contributed by atoms with van der Waals surface area (Å²) < 4.78 is 9.38. The van der Waals surface area contributed by atoms with Crippen LogP contribution in [0, 0.1) is 5.92 Å². The Kier molecular flexibility index (Phi) is 9.03. The zero-order valence-corrected chi connectivity index (χ0v) is 21.9. The number of hydrogen-bond acceptors (Lipinski definition) is 2. The molecule has 0 radical (unpaired) electrons. The second kappa shape index (κ2) is 12.4. The van der Waals surface area contributed by atoms with Crippen LogP contribution in [0.5, 0.6) is 0 Å². The van der Waals surface area contributed by atoms with Gasteiger partial charge in [-0.15, -0.1) is 0 Å². The lowest BCUT2D eigenvalue weighted by Crippen LogP contribution is -2.40. The molecule has 0 aliphatic carbocycles. The van der Waals surface area contributed by atoms with Crippen molar-refractivity contribution in [3.8, 4) is 0 Å². The lowest BCUT2D eigenvalue weighted by molar-refractivity contribution is 0.205. The van der Waals surface area contributed by atoms with Crippen LogP contribution < -0.4 is 21.2 Å². The van der Waals surface area contributed by atoms with Crippen molar-refractivity contribution in [1.82, 2.24) is 4.67 Å². The third kappa shape index (κ3) is 6.21. The third-order valence-electron chi connectivity index (χ3n) is 5.92. The van der Waals surface area contributed by atoms with Gasteiger partial charge in [-0.1, -0.05) is 135 Å². The van der Waals surface area contributed by atoms with Crippen molar-refractivity contribution < 1.29 is 4.52 Å². The van der Waals surface area contributed by atoms with Crippen LogP contribution in [0.3, 0.4) is 0 Å². The Balaban J connectivity index is 1.62. The van der Waals surface area contributed by atoms with Crippen molar-refractivity contribution in [2.45, 2.75) is 19.9 Å². The molecule has 0 fully saturated rings. The summed E-state index contributed by atoms with van der Waals surface area (Å²) in [5.74, 6) is 0.450. The maximum atomic E-state index is 6.81. The summed E-state index contributed by atoms with van der Waals surface area (Å²) in [6, 6.07) is 43.4. The number of benzene rings is 4. The van der Waals surface area contributed by atoms with Crippen LogP contribution in [-0.4, -0.2) is 24.4 Å². The highest BCUT2D eigenvalue weighted by atomic mass is 31.1. The monoisotopic (exact) mass is 485 g/mol. The average Bonchev–Trinajstić information content (AvgIpc) is 2.89. The molecule has 4 rings (SSSR count). The Morgan fingerprint density at radius 2 is 0.941 bits per heavy atom. The molecule has 4 aromatic carbocycles. The first-order chi connectivity index (χ1) is 16.6. The van der Waals surface area contributed by atoms with Gasteiger partial charge in [0.1, 0.15) is 0 Å². The summed E-state index contributed by atoms with van der Waals surface area (Å²) in [5.41, 5.74) is 0. The Labute approximate surface area is 207 Å². The second-order valence-electron chi connectivity index (χ2n) is 8.63. The predicted molar refractivity (Wildman–Crippen MR) is 150 cm³/mol. The Morgan fingerprint density at radius 3 is 1.29 bits per heavy atom. The Bertz CT molecular complexity index is 1030. The second-order valence-corrected chi connectivity index (χ2v) is 12.8. The fourth-order valence-corrected chi connectivity index (χ4v) is 8.46. The largest absolute Gasteiger partial charge is 0.348 e. The molecular formula is C30H33NOP2. The van der Waals surface area contributed by atoms with Crippen molar-refractivity contribution in [3.63, 3.8) is 0 Å². The fraction of sp³-hybridized carbons (Fsp3) is 0.200. The minimum Gasteiger partial charge on any atom is -0.348 e. The van der Waals surface area contributed by atoms with Crippen molar-refractivity contribution in [2.75, 3.05) is 13.7 Å². The van der Waals surface area contributed by atoms with E-state index in [-0.39, 0.29) is 6.04 Å². The molecule has 0 saturated heterocycles. The van der Waals surface area contributed by atoms with Crippen LogP contribution in [0.15, 0.2) is 121 Å². The van der Waals surface area contributed by atoms with Gasteiger partial charge in [-0.2, -0.15) is 0 Å². The quantitative estimate of drug-likeness (QED) is 0.254. The van der Waals surface area contributed by atoms with E-state index in [9.17, 15) is 0 Å². The molecule has 2 nitrogen and oxygen atoms in total. The molecule has 0 bridgehead atoms. The molecular weight excluding hydrogens is 452 g/mol. The molecule has 1 atom stereocenters. The normalized spacial score (nSPS) is 12.6. The Hall–Kier alpha value is -2.34. The van der Waals surface area contributed by atoms with Gasteiger partial charge in [0.15, 0.2) is 0 Å². The summed E-state index contributed by atoms with van der Waals surface area (Å²) in [6.07, 6.45) is 0. The maximum Gasteiger partial charge on any atom is 0.0918 e. The molecule has 0 aromatic heterocycles. The first-order valence-corrected chi connectivity index (χ1v) is 14.4. The number of hydrogen-bond donors (Lipinski definition) is 0. The van der Waals surface area contributed by atoms with Gasteiger partial charge in [0.2, 0.25) is 0 Å². The lowest BCUT2D eigenvalue weighted by atomic mass is 10.1. The van der Waals surface area contributed by atoms with Crippen LogP contribution in [0.1, 0.15) is 13.8 Å². The minimum atomic E-state index is -0.880. The summed E-state index contributed by atoms with van der Waals surface area (Å²) in [6.45, 7) is 5.30. The van der Waals surface area contributed by atoms with E-state index in [0.29, 0.717) is 12.5 Å². The van der Waals surface area contributed by atoms with Gasteiger partial charge in [-0.25, -0.2) is 0 Å². The van der Waals surface area contributed by atoms with E-state index < -0.39 is 16.2 Å². The van der Waals surface area contributed by atoms with E-state index in [1.165, 1.54) is 21.2 Å². The first-order valence-electron chi connectivity index (χ1n) is 11.8. The summed E-state index contributed by atoms with van der Waals surface area (Å²) in [5, 5.41) is 5.24. The van der Waals surface area contributed by atoms with Crippen molar-refractivity contribution in [3.05, 3.63) is 121 Å². The van der Waals surface area contributed by atoms with E-state index in [4.69, 9.17) is 4.52 Å². The van der Waals surface area contributed by atoms with E-state index in [1.807, 2.05) is 0 Å². The highest BCUT2D eigenvalue weighted by Gasteiger charge is 2.29. The number of nitrogens with zero attached hydrogens (tertiary/aromatic N) is 1. The molecule has 0 spiro atoms. The van der Waals surface area contributed by atoms with Crippen LogP contribution in [0.2, 0.25) is 0 Å². The third-order valence-corrected chi connectivity index (χ3v) is 10.4. The first kappa shape index (κ1) is 24.8. The van der Waals surface area contributed by atoms with E-state index in [2.05, 4.69) is 147 Å². The van der Waals surface area contributed by atoms with E-state index in [1.54, 1.807) is 0 Å². The molecule has 174 valence electrons. The highest BCUT2D eigenvalue weighted by Crippen LogP contribution is 2.42. The van der Waals surface area contributed by atoms with E-state index in [0.717, 1.165) is 0 Å². The topological polar surface area (TPSA) is 12.5 Å². The molecule has 0 aliphatic rings. The predicted octanol–water partition coefficient (Wildman–Crippen LogP) is 6.06. The summed E-state index contributed by atoms with van der Waals surface area (Å²) in [4.78, 5) is 0. The van der Waals surface area contributed by atoms with Gasteiger partial charge in [0, 0.05) is 24.7 Å². The minimum absolute atomic E-state index is 0.281. The van der Waals surface area contributed by atoms with Gasteiger partial charge in [-0.05, 0) is 23.6 Å². The van der Waals surface area contributed by atoms with Gasteiger partial charge in [-0.3, -0.25) is 4.67 Å². The SMILES string of the molecule is CC(C)[C@@H](COP(c1ccccc1)c1ccccc1)N(C)P(c1ccccc1)c1ccccc1. The molecule has 4 heteroatoms. The molecule has 0 N–H and O–H groups in total. The number of rotatable bonds is 10. The van der Waals surface area contributed by atoms with Crippen LogP contribution in [0.25, 0.3) is 0 Å². The average molecular weight is 486 g/mol. The maximum absolute atomic E-state index is 6.81. The molecule has 0 unspecified atom stereocenters. The number of likely N-dealkylation sites (N-methyl/N-ethyl adjacent to an activating group) is 1. The van der Waals surface area contributed by atoms with Crippen molar-refractivity contribution in [2.24, 2.45) is 5.92 Å². The van der Waals surface area contributed by atoms with Crippen LogP contribution in [-0.2, 0) is 4.52 Å². The summed E-state index contributed by atoms with van der Waals surface area (Å²) >= 11 is 0. The van der Waals surface area contributed by atoms with E-state index >= 15 is 0 Å². The van der Waals surface area contributed by atoms with Crippen molar-refractivity contribution >= 4 is 37.4 Å². The van der Waals surface area contributed by atoms with Gasteiger partial charge >= 0.3 is 0 Å². The molecule has 0 aliphatic heterocycles. The molecule has 34 heavy (non-hydrogen) atoms. The zero-order chi connectivity index (χ0) is 23.8. The van der Waals surface area contributed by atoms with Crippen LogP contribution in [0.4, 0.5) is 0 Å². The van der Waals surface area contributed by atoms with Gasteiger partial charge < -0.3 is 4.52 Å². The zero-order valence-electron chi connectivity index (χ0n) is 20.2.